The first-order valence-electron chi connectivity index (χ1n) is 8.95. The largest absolute Gasteiger partial charge is 0.338 e. The lowest BCUT2D eigenvalue weighted by Gasteiger charge is -2.19. The predicted molar refractivity (Wildman–Crippen MR) is 108 cm³/mol. The fraction of sp³-hybridized carbons (Fsp3) is 0.450. The normalized spacial score (nSPS) is 24.5. The van der Waals surface area contributed by atoms with E-state index < -0.39 is 0 Å². The lowest BCUT2D eigenvalue weighted by atomic mass is 9.98. The van der Waals surface area contributed by atoms with Crippen molar-refractivity contribution in [1.29, 1.82) is 0 Å². The number of aryl methyl sites for hydroxylation is 1. The second-order valence-electron chi connectivity index (χ2n) is 7.48. The first-order chi connectivity index (χ1) is 12.0. The van der Waals surface area contributed by atoms with Crippen molar-refractivity contribution >= 4 is 29.9 Å². The van der Waals surface area contributed by atoms with Crippen LogP contribution in [-0.2, 0) is 0 Å². The van der Waals surface area contributed by atoms with Crippen molar-refractivity contribution in [3.63, 3.8) is 0 Å². The summed E-state index contributed by atoms with van der Waals surface area (Å²) in [5.74, 6) is 1.18. The van der Waals surface area contributed by atoms with Crippen LogP contribution >= 0.6 is 24.0 Å². The van der Waals surface area contributed by atoms with Crippen molar-refractivity contribution in [2.45, 2.75) is 32.7 Å². The van der Waals surface area contributed by atoms with E-state index in [9.17, 15) is 4.79 Å². The highest BCUT2D eigenvalue weighted by molar-refractivity contribution is 6.30. The van der Waals surface area contributed by atoms with E-state index >= 15 is 0 Å². The lowest BCUT2D eigenvalue weighted by Crippen LogP contribution is -2.33. The maximum atomic E-state index is 13.1. The summed E-state index contributed by atoms with van der Waals surface area (Å²) in [6, 6.07) is 9.97. The third-order valence-electron chi connectivity index (χ3n) is 5.93. The van der Waals surface area contributed by atoms with Gasteiger partial charge in [-0.15, -0.1) is 12.4 Å². The molecule has 140 valence electrons. The first kappa shape index (κ1) is 19.3. The molecule has 2 fully saturated rings. The van der Waals surface area contributed by atoms with Crippen molar-refractivity contribution in [2.24, 2.45) is 17.6 Å². The van der Waals surface area contributed by atoms with Crippen LogP contribution in [0, 0.1) is 25.7 Å². The zero-order valence-electron chi connectivity index (χ0n) is 15.1. The number of nitrogens with two attached hydrogens (primary N) is 1. The van der Waals surface area contributed by atoms with Gasteiger partial charge in [-0.2, -0.15) is 0 Å². The van der Waals surface area contributed by atoms with E-state index in [0.717, 1.165) is 48.6 Å². The predicted octanol–water partition coefficient (Wildman–Crippen LogP) is 3.98. The minimum absolute atomic E-state index is 0. The molecule has 4 nitrogen and oxygen atoms in total. The van der Waals surface area contributed by atoms with Gasteiger partial charge >= 0.3 is 0 Å². The lowest BCUT2D eigenvalue weighted by molar-refractivity contribution is 0.0779. The minimum Gasteiger partial charge on any atom is -0.338 e. The van der Waals surface area contributed by atoms with Crippen molar-refractivity contribution in [3.05, 3.63) is 52.3 Å². The molecule has 2 aromatic rings. The molecule has 4 rings (SSSR count). The summed E-state index contributed by atoms with van der Waals surface area (Å²) in [6.45, 7) is 5.67. The smallest absolute Gasteiger partial charge is 0.255 e. The zero-order valence-corrected chi connectivity index (χ0v) is 16.7. The second-order valence-corrected chi connectivity index (χ2v) is 7.91. The molecule has 1 amide bonds. The van der Waals surface area contributed by atoms with Crippen LogP contribution in [0.5, 0.6) is 0 Å². The SMILES string of the molecule is Cc1cc(C(=O)N2CC3CCC(N)C3C2)c(C)n1-c1cccc(Cl)c1.Cl. The third kappa shape index (κ3) is 3.15. The maximum absolute atomic E-state index is 13.1. The molecule has 2 N–H and O–H groups in total. The van der Waals surface area contributed by atoms with Crippen LogP contribution in [0.2, 0.25) is 5.02 Å². The van der Waals surface area contributed by atoms with E-state index in [1.165, 1.54) is 0 Å². The van der Waals surface area contributed by atoms with Crippen LogP contribution in [0.15, 0.2) is 30.3 Å². The second kappa shape index (κ2) is 7.26. The number of benzene rings is 1. The number of likely N-dealkylation sites (tertiary alicyclic amines) is 1. The van der Waals surface area contributed by atoms with Gasteiger partial charge in [0.1, 0.15) is 0 Å². The summed E-state index contributed by atoms with van der Waals surface area (Å²) in [5, 5.41) is 0.694. The van der Waals surface area contributed by atoms with Gasteiger partial charge in [-0.05, 0) is 62.8 Å². The Morgan fingerprint density at radius 1 is 1.19 bits per heavy atom. The third-order valence-corrected chi connectivity index (χ3v) is 6.16. The van der Waals surface area contributed by atoms with Crippen molar-refractivity contribution < 1.29 is 4.79 Å². The van der Waals surface area contributed by atoms with Gasteiger partial charge in [0.05, 0.1) is 5.56 Å². The highest BCUT2D eigenvalue weighted by atomic mass is 35.5. The number of aromatic nitrogens is 1. The number of fused-ring (bicyclic) bond motifs is 1. The number of nitrogens with zero attached hydrogens (tertiary/aromatic N) is 2. The monoisotopic (exact) mass is 393 g/mol. The summed E-state index contributed by atoms with van der Waals surface area (Å²) >= 11 is 6.14. The quantitative estimate of drug-likeness (QED) is 0.838. The van der Waals surface area contributed by atoms with Gasteiger partial charge < -0.3 is 15.2 Å². The molecule has 26 heavy (non-hydrogen) atoms. The van der Waals surface area contributed by atoms with E-state index in [1.807, 2.05) is 49.1 Å². The van der Waals surface area contributed by atoms with Crippen LogP contribution in [0.1, 0.15) is 34.6 Å². The molecular weight excluding hydrogens is 369 g/mol. The Morgan fingerprint density at radius 3 is 2.65 bits per heavy atom. The Bertz CT molecular complexity index is 832. The number of amides is 1. The molecule has 2 heterocycles. The van der Waals surface area contributed by atoms with Gasteiger partial charge in [0.25, 0.3) is 5.91 Å². The number of halogens is 2. The first-order valence-corrected chi connectivity index (χ1v) is 9.33. The Balaban J connectivity index is 0.00000196. The van der Waals surface area contributed by atoms with Gasteiger partial charge in [-0.3, -0.25) is 4.79 Å². The van der Waals surface area contributed by atoms with Crippen LogP contribution in [0.3, 0.4) is 0 Å². The van der Waals surface area contributed by atoms with Crippen molar-refractivity contribution in [3.8, 4) is 5.69 Å². The van der Waals surface area contributed by atoms with E-state index in [0.29, 0.717) is 16.9 Å². The van der Waals surface area contributed by atoms with E-state index in [-0.39, 0.29) is 24.4 Å². The molecule has 2 aliphatic rings. The fourth-order valence-corrected chi connectivity index (χ4v) is 4.82. The van der Waals surface area contributed by atoms with Gasteiger partial charge in [0.15, 0.2) is 0 Å². The summed E-state index contributed by atoms with van der Waals surface area (Å²) < 4.78 is 2.10. The van der Waals surface area contributed by atoms with Gasteiger partial charge in [0, 0.05) is 41.2 Å². The highest BCUT2D eigenvalue weighted by Gasteiger charge is 2.43. The highest BCUT2D eigenvalue weighted by Crippen LogP contribution is 2.38. The molecule has 1 aliphatic carbocycles. The van der Waals surface area contributed by atoms with Crippen LogP contribution in [-0.4, -0.2) is 34.5 Å². The minimum atomic E-state index is 0. The Labute approximate surface area is 165 Å². The fourth-order valence-electron chi connectivity index (χ4n) is 4.64. The average Bonchev–Trinajstić information content (AvgIpc) is 3.22. The Morgan fingerprint density at radius 2 is 1.96 bits per heavy atom. The molecule has 0 radical (unpaired) electrons. The molecule has 1 aliphatic heterocycles. The van der Waals surface area contributed by atoms with Gasteiger partial charge in [0.2, 0.25) is 0 Å². The average molecular weight is 394 g/mol. The summed E-state index contributed by atoms with van der Waals surface area (Å²) in [5.41, 5.74) is 9.99. The van der Waals surface area contributed by atoms with Crippen molar-refractivity contribution in [1.82, 2.24) is 9.47 Å². The summed E-state index contributed by atoms with van der Waals surface area (Å²) in [4.78, 5) is 15.1. The Hall–Kier alpha value is -1.49. The molecule has 0 spiro atoms. The van der Waals surface area contributed by atoms with Crippen LogP contribution < -0.4 is 5.73 Å². The summed E-state index contributed by atoms with van der Waals surface area (Å²) in [6.07, 6.45) is 2.25. The molecular formula is C20H25Cl2N3O. The standard InChI is InChI=1S/C20H24ClN3O.ClH/c1-12-8-17(13(2)24(12)16-5-3-4-15(21)9-16)20(25)23-10-14-6-7-19(22)18(14)11-23;/h3-5,8-9,14,18-19H,6-7,10-11,22H2,1-2H3;1H. The molecule has 3 unspecified atom stereocenters. The zero-order chi connectivity index (χ0) is 17.7. The topological polar surface area (TPSA) is 51.3 Å². The number of carbonyl (C=O) groups is 1. The van der Waals surface area contributed by atoms with Gasteiger partial charge in [-0.1, -0.05) is 17.7 Å². The molecule has 1 aromatic carbocycles. The van der Waals surface area contributed by atoms with Crippen LogP contribution in [0.4, 0.5) is 0 Å². The van der Waals surface area contributed by atoms with Crippen molar-refractivity contribution in [2.75, 3.05) is 13.1 Å². The summed E-state index contributed by atoms with van der Waals surface area (Å²) in [7, 11) is 0. The molecule has 1 saturated carbocycles. The van der Waals surface area contributed by atoms with E-state index in [1.54, 1.807) is 0 Å². The number of hydrogen-bond donors (Lipinski definition) is 1. The Kier molecular flexibility index (Phi) is 5.38. The molecule has 1 aromatic heterocycles. The molecule has 6 heteroatoms. The number of hydrogen-bond acceptors (Lipinski definition) is 2. The molecule has 1 saturated heterocycles. The maximum Gasteiger partial charge on any atom is 0.255 e. The van der Waals surface area contributed by atoms with E-state index in [2.05, 4.69) is 4.57 Å². The van der Waals surface area contributed by atoms with Crippen LogP contribution in [0.25, 0.3) is 5.69 Å². The van der Waals surface area contributed by atoms with Gasteiger partial charge in [-0.25, -0.2) is 0 Å². The molecule has 3 atom stereocenters. The van der Waals surface area contributed by atoms with E-state index in [4.69, 9.17) is 17.3 Å². The number of carbonyl (C=O) groups excluding carboxylic acids is 1. The number of rotatable bonds is 2. The molecule has 0 bridgehead atoms.